The minimum atomic E-state index is 0.0453. The van der Waals surface area contributed by atoms with Crippen LogP contribution in [0.3, 0.4) is 0 Å². The van der Waals surface area contributed by atoms with Crippen LogP contribution in [-0.2, 0) is 4.74 Å². The molecule has 1 atom stereocenters. The molecule has 0 aromatic heterocycles. The third-order valence-electron chi connectivity index (χ3n) is 2.50. The summed E-state index contributed by atoms with van der Waals surface area (Å²) in [7, 11) is 1.78. The van der Waals surface area contributed by atoms with Crippen molar-refractivity contribution in [2.24, 2.45) is 11.8 Å². The smallest absolute Gasteiger partial charge is 0.0625 e. The first-order valence-corrected chi connectivity index (χ1v) is 4.44. The highest BCUT2D eigenvalue weighted by atomic mass is 16.5. The van der Waals surface area contributed by atoms with Gasteiger partial charge in [-0.25, -0.2) is 0 Å². The van der Waals surface area contributed by atoms with E-state index in [-0.39, 0.29) is 5.60 Å². The Kier molecular flexibility index (Phi) is 4.09. The predicted molar refractivity (Wildman–Crippen MR) is 49.7 cm³/mol. The van der Waals surface area contributed by atoms with Gasteiger partial charge in [0.1, 0.15) is 0 Å². The molecular formula is C10H22O. The second-order valence-corrected chi connectivity index (χ2v) is 4.39. The zero-order chi connectivity index (χ0) is 9.07. The summed E-state index contributed by atoms with van der Waals surface area (Å²) < 4.78 is 5.36. The molecule has 0 aliphatic carbocycles. The monoisotopic (exact) mass is 158 g/mol. The fourth-order valence-corrected chi connectivity index (χ4v) is 1.09. The Morgan fingerprint density at radius 1 is 1.18 bits per heavy atom. The topological polar surface area (TPSA) is 9.23 Å². The standard InChI is InChI=1S/C10H22O/c1-8(2)9(3)7-10(4,5)11-6/h8-9H,7H2,1-6H3. The highest BCUT2D eigenvalue weighted by molar-refractivity contribution is 4.72. The van der Waals surface area contributed by atoms with Gasteiger partial charge < -0.3 is 4.74 Å². The Morgan fingerprint density at radius 2 is 1.64 bits per heavy atom. The lowest BCUT2D eigenvalue weighted by Gasteiger charge is -2.28. The Morgan fingerprint density at radius 3 is 1.91 bits per heavy atom. The minimum Gasteiger partial charge on any atom is -0.379 e. The molecule has 0 aliphatic heterocycles. The van der Waals surface area contributed by atoms with Crippen molar-refractivity contribution in [2.45, 2.75) is 46.6 Å². The van der Waals surface area contributed by atoms with Crippen molar-refractivity contribution in [2.75, 3.05) is 7.11 Å². The molecule has 0 bridgehead atoms. The molecule has 0 rings (SSSR count). The van der Waals surface area contributed by atoms with Gasteiger partial charge in [-0.05, 0) is 32.1 Å². The van der Waals surface area contributed by atoms with Crippen LogP contribution in [0.4, 0.5) is 0 Å². The maximum absolute atomic E-state index is 5.36. The van der Waals surface area contributed by atoms with E-state index >= 15 is 0 Å². The van der Waals surface area contributed by atoms with Crippen molar-refractivity contribution >= 4 is 0 Å². The van der Waals surface area contributed by atoms with Crippen LogP contribution in [-0.4, -0.2) is 12.7 Å². The van der Waals surface area contributed by atoms with Gasteiger partial charge in [0, 0.05) is 7.11 Å². The molecule has 1 unspecified atom stereocenters. The summed E-state index contributed by atoms with van der Waals surface area (Å²) in [5.74, 6) is 1.49. The summed E-state index contributed by atoms with van der Waals surface area (Å²) in [4.78, 5) is 0. The summed E-state index contributed by atoms with van der Waals surface area (Å²) in [6.07, 6.45) is 1.14. The van der Waals surface area contributed by atoms with Crippen molar-refractivity contribution in [1.29, 1.82) is 0 Å². The molecule has 0 radical (unpaired) electrons. The van der Waals surface area contributed by atoms with E-state index in [4.69, 9.17) is 4.74 Å². The molecule has 0 N–H and O–H groups in total. The first-order valence-electron chi connectivity index (χ1n) is 4.44. The predicted octanol–water partition coefficient (Wildman–Crippen LogP) is 3.09. The molecule has 0 aliphatic rings. The molecule has 0 heterocycles. The molecule has 0 saturated carbocycles. The van der Waals surface area contributed by atoms with Gasteiger partial charge >= 0.3 is 0 Å². The summed E-state index contributed by atoms with van der Waals surface area (Å²) in [5, 5.41) is 0. The molecular weight excluding hydrogens is 136 g/mol. The van der Waals surface area contributed by atoms with Crippen LogP contribution in [0, 0.1) is 11.8 Å². The molecule has 0 amide bonds. The zero-order valence-electron chi connectivity index (χ0n) is 8.77. The van der Waals surface area contributed by atoms with Gasteiger partial charge in [-0.3, -0.25) is 0 Å². The van der Waals surface area contributed by atoms with Gasteiger partial charge in [0.15, 0.2) is 0 Å². The summed E-state index contributed by atoms with van der Waals surface area (Å²) in [6.45, 7) is 11.1. The third-order valence-corrected chi connectivity index (χ3v) is 2.50. The maximum Gasteiger partial charge on any atom is 0.0625 e. The maximum atomic E-state index is 5.36. The average molecular weight is 158 g/mol. The quantitative estimate of drug-likeness (QED) is 0.611. The molecule has 68 valence electrons. The summed E-state index contributed by atoms with van der Waals surface area (Å²) >= 11 is 0. The van der Waals surface area contributed by atoms with Crippen LogP contribution in [0.5, 0.6) is 0 Å². The fourth-order valence-electron chi connectivity index (χ4n) is 1.09. The molecule has 0 saturated heterocycles. The van der Waals surface area contributed by atoms with E-state index in [2.05, 4.69) is 34.6 Å². The van der Waals surface area contributed by atoms with Crippen molar-refractivity contribution in [3.8, 4) is 0 Å². The van der Waals surface area contributed by atoms with Crippen molar-refractivity contribution < 1.29 is 4.74 Å². The molecule has 1 heteroatoms. The van der Waals surface area contributed by atoms with Crippen LogP contribution in [0.1, 0.15) is 41.0 Å². The third kappa shape index (κ3) is 4.41. The lowest BCUT2D eigenvalue weighted by atomic mass is 9.87. The van der Waals surface area contributed by atoms with Gasteiger partial charge in [0.2, 0.25) is 0 Å². The SMILES string of the molecule is COC(C)(C)CC(C)C(C)C. The van der Waals surface area contributed by atoms with Crippen LogP contribution in [0.2, 0.25) is 0 Å². The molecule has 0 aromatic carbocycles. The van der Waals surface area contributed by atoms with E-state index < -0.39 is 0 Å². The van der Waals surface area contributed by atoms with Gasteiger partial charge in [-0.15, -0.1) is 0 Å². The summed E-state index contributed by atoms with van der Waals surface area (Å²) in [6, 6.07) is 0. The van der Waals surface area contributed by atoms with E-state index in [0.717, 1.165) is 18.3 Å². The van der Waals surface area contributed by atoms with Gasteiger partial charge in [-0.2, -0.15) is 0 Å². The first-order chi connectivity index (χ1) is 4.89. The Bertz CT molecular complexity index is 105. The Balaban J connectivity index is 3.83. The second-order valence-electron chi connectivity index (χ2n) is 4.39. The average Bonchev–Trinajstić information content (AvgIpc) is 1.87. The molecule has 0 spiro atoms. The van der Waals surface area contributed by atoms with E-state index in [1.165, 1.54) is 0 Å². The van der Waals surface area contributed by atoms with Crippen molar-refractivity contribution in [1.82, 2.24) is 0 Å². The summed E-state index contributed by atoms with van der Waals surface area (Å²) in [5.41, 5.74) is 0.0453. The number of ether oxygens (including phenoxy) is 1. The molecule has 1 nitrogen and oxygen atoms in total. The lowest BCUT2D eigenvalue weighted by Crippen LogP contribution is -2.26. The Labute approximate surface area is 71.1 Å². The molecule has 11 heavy (non-hydrogen) atoms. The number of hydrogen-bond donors (Lipinski definition) is 0. The van der Waals surface area contributed by atoms with Gasteiger partial charge in [0.05, 0.1) is 5.60 Å². The van der Waals surface area contributed by atoms with Gasteiger partial charge in [-0.1, -0.05) is 20.8 Å². The van der Waals surface area contributed by atoms with Crippen molar-refractivity contribution in [3.05, 3.63) is 0 Å². The molecule has 0 aromatic rings. The minimum absolute atomic E-state index is 0.0453. The van der Waals surface area contributed by atoms with Crippen LogP contribution >= 0.6 is 0 Å². The lowest BCUT2D eigenvalue weighted by molar-refractivity contribution is -0.00111. The van der Waals surface area contributed by atoms with E-state index in [9.17, 15) is 0 Å². The highest BCUT2D eigenvalue weighted by Crippen LogP contribution is 2.24. The van der Waals surface area contributed by atoms with E-state index in [0.29, 0.717) is 0 Å². The van der Waals surface area contributed by atoms with Gasteiger partial charge in [0.25, 0.3) is 0 Å². The van der Waals surface area contributed by atoms with Crippen LogP contribution in [0.15, 0.2) is 0 Å². The fraction of sp³-hybridized carbons (Fsp3) is 1.00. The zero-order valence-corrected chi connectivity index (χ0v) is 8.77. The molecule has 0 fully saturated rings. The normalized spacial score (nSPS) is 15.5. The first kappa shape index (κ1) is 11.0. The van der Waals surface area contributed by atoms with Crippen molar-refractivity contribution in [3.63, 3.8) is 0 Å². The Hall–Kier alpha value is -0.0400. The largest absolute Gasteiger partial charge is 0.379 e. The van der Waals surface area contributed by atoms with E-state index in [1.807, 2.05) is 0 Å². The number of hydrogen-bond acceptors (Lipinski definition) is 1. The number of methoxy groups -OCH3 is 1. The highest BCUT2D eigenvalue weighted by Gasteiger charge is 2.21. The van der Waals surface area contributed by atoms with Crippen LogP contribution < -0.4 is 0 Å². The second kappa shape index (κ2) is 4.10. The number of rotatable bonds is 4. The van der Waals surface area contributed by atoms with Crippen LogP contribution in [0.25, 0.3) is 0 Å². The van der Waals surface area contributed by atoms with E-state index in [1.54, 1.807) is 7.11 Å².